The lowest BCUT2D eigenvalue weighted by Crippen LogP contribution is -2.16. The van der Waals surface area contributed by atoms with Crippen LogP contribution in [0.2, 0.25) is 10.0 Å². The summed E-state index contributed by atoms with van der Waals surface area (Å²) in [6, 6.07) is 11.3. The predicted octanol–water partition coefficient (Wildman–Crippen LogP) is 5.05. The molecule has 0 radical (unpaired) electrons. The Morgan fingerprint density at radius 1 is 0.955 bits per heavy atom. The van der Waals surface area contributed by atoms with E-state index in [-0.39, 0.29) is 5.91 Å². The molecule has 0 saturated heterocycles. The van der Waals surface area contributed by atoms with Gasteiger partial charge in [-0.05, 0) is 55.3 Å². The maximum atomic E-state index is 11.9. The molecule has 0 bridgehead atoms. The molecule has 2 aromatic rings. The molecular weight excluding hydrogens is 319 g/mol. The van der Waals surface area contributed by atoms with E-state index in [0.29, 0.717) is 28.7 Å². The van der Waals surface area contributed by atoms with Crippen molar-refractivity contribution in [3.63, 3.8) is 0 Å². The topological polar surface area (TPSA) is 41.1 Å². The number of aryl methyl sites for hydroxylation is 2. The molecule has 1 amide bonds. The van der Waals surface area contributed by atoms with Gasteiger partial charge in [-0.1, -0.05) is 29.3 Å². The Bertz CT molecular complexity index is 666. The lowest BCUT2D eigenvalue weighted by atomic mass is 10.1. The first-order valence-electron chi connectivity index (χ1n) is 7.01. The van der Waals surface area contributed by atoms with Gasteiger partial charge in [-0.2, -0.15) is 0 Å². The van der Waals surface area contributed by atoms with Gasteiger partial charge in [-0.25, -0.2) is 0 Å². The summed E-state index contributed by atoms with van der Waals surface area (Å²) in [5.41, 5.74) is 4.07. The molecule has 0 heterocycles. The Labute approximate surface area is 140 Å². The van der Waals surface area contributed by atoms with E-state index in [0.717, 1.165) is 5.69 Å². The van der Waals surface area contributed by atoms with Crippen LogP contribution in [-0.2, 0) is 4.79 Å². The third kappa shape index (κ3) is 4.93. The molecule has 0 atom stereocenters. The van der Waals surface area contributed by atoms with E-state index >= 15 is 0 Å². The normalized spacial score (nSPS) is 10.4. The fraction of sp³-hybridized carbons (Fsp3) is 0.235. The first-order valence-corrected chi connectivity index (χ1v) is 7.77. The quantitative estimate of drug-likeness (QED) is 0.801. The minimum Gasteiger partial charge on any atom is -0.385 e. The van der Waals surface area contributed by atoms with Crippen LogP contribution < -0.4 is 10.6 Å². The van der Waals surface area contributed by atoms with E-state index in [1.165, 1.54) is 11.1 Å². The third-order valence-electron chi connectivity index (χ3n) is 3.11. The number of hydrogen-bond donors (Lipinski definition) is 2. The van der Waals surface area contributed by atoms with E-state index in [4.69, 9.17) is 23.2 Å². The van der Waals surface area contributed by atoms with Crippen molar-refractivity contribution >= 4 is 40.5 Å². The number of amides is 1. The van der Waals surface area contributed by atoms with Crippen LogP contribution in [0.4, 0.5) is 11.4 Å². The van der Waals surface area contributed by atoms with Crippen LogP contribution >= 0.6 is 23.2 Å². The maximum Gasteiger partial charge on any atom is 0.226 e. The molecule has 116 valence electrons. The SMILES string of the molecule is Cc1cc(C)cc(NCCC(=O)Nc2ccc(Cl)c(Cl)c2)c1. The Morgan fingerprint density at radius 2 is 1.64 bits per heavy atom. The zero-order valence-corrected chi connectivity index (χ0v) is 14.1. The van der Waals surface area contributed by atoms with Crippen molar-refractivity contribution in [3.8, 4) is 0 Å². The summed E-state index contributed by atoms with van der Waals surface area (Å²) < 4.78 is 0. The third-order valence-corrected chi connectivity index (χ3v) is 3.85. The zero-order valence-electron chi connectivity index (χ0n) is 12.5. The molecule has 0 spiro atoms. The predicted molar refractivity (Wildman–Crippen MR) is 94.1 cm³/mol. The van der Waals surface area contributed by atoms with Gasteiger partial charge in [-0.3, -0.25) is 4.79 Å². The van der Waals surface area contributed by atoms with Gasteiger partial charge in [0.2, 0.25) is 5.91 Å². The summed E-state index contributed by atoms with van der Waals surface area (Å²) in [7, 11) is 0. The lowest BCUT2D eigenvalue weighted by Gasteiger charge is -2.09. The van der Waals surface area contributed by atoms with Crippen molar-refractivity contribution in [1.82, 2.24) is 0 Å². The monoisotopic (exact) mass is 336 g/mol. The molecule has 2 rings (SSSR count). The van der Waals surface area contributed by atoms with E-state index < -0.39 is 0 Å². The van der Waals surface area contributed by atoms with Gasteiger partial charge >= 0.3 is 0 Å². The van der Waals surface area contributed by atoms with Crippen LogP contribution in [0.1, 0.15) is 17.5 Å². The Hall–Kier alpha value is -1.71. The van der Waals surface area contributed by atoms with E-state index in [2.05, 4.69) is 42.7 Å². The highest BCUT2D eigenvalue weighted by molar-refractivity contribution is 6.42. The number of rotatable bonds is 5. The summed E-state index contributed by atoms with van der Waals surface area (Å²) in [5.74, 6) is -0.0738. The molecule has 2 N–H and O–H groups in total. The molecule has 0 aliphatic heterocycles. The second kappa shape index (κ2) is 7.52. The summed E-state index contributed by atoms with van der Waals surface area (Å²) in [6.45, 7) is 4.67. The summed E-state index contributed by atoms with van der Waals surface area (Å²) in [5, 5.41) is 6.95. The van der Waals surface area contributed by atoms with E-state index in [1.807, 2.05) is 0 Å². The molecule has 2 aromatic carbocycles. The smallest absolute Gasteiger partial charge is 0.226 e. The first kappa shape index (κ1) is 16.7. The number of anilines is 2. The van der Waals surface area contributed by atoms with Gasteiger partial charge in [0.05, 0.1) is 10.0 Å². The number of nitrogens with one attached hydrogen (secondary N) is 2. The van der Waals surface area contributed by atoms with Crippen molar-refractivity contribution in [3.05, 3.63) is 57.6 Å². The van der Waals surface area contributed by atoms with Crippen LogP contribution in [0.3, 0.4) is 0 Å². The van der Waals surface area contributed by atoms with Crippen LogP contribution in [0.15, 0.2) is 36.4 Å². The molecule has 3 nitrogen and oxygen atoms in total. The van der Waals surface area contributed by atoms with Gasteiger partial charge < -0.3 is 10.6 Å². The summed E-state index contributed by atoms with van der Waals surface area (Å²) in [4.78, 5) is 11.9. The highest BCUT2D eigenvalue weighted by atomic mass is 35.5. The van der Waals surface area contributed by atoms with Crippen molar-refractivity contribution in [2.45, 2.75) is 20.3 Å². The van der Waals surface area contributed by atoms with E-state index in [9.17, 15) is 4.79 Å². The van der Waals surface area contributed by atoms with Gasteiger partial charge in [0, 0.05) is 24.3 Å². The summed E-state index contributed by atoms with van der Waals surface area (Å²) in [6.07, 6.45) is 0.368. The summed E-state index contributed by atoms with van der Waals surface area (Å²) >= 11 is 11.8. The molecule has 0 aliphatic rings. The van der Waals surface area contributed by atoms with Crippen molar-refractivity contribution < 1.29 is 4.79 Å². The lowest BCUT2D eigenvalue weighted by molar-refractivity contribution is -0.115. The average molecular weight is 337 g/mol. The molecule has 0 aromatic heterocycles. The number of halogens is 2. The first-order chi connectivity index (χ1) is 10.4. The number of carbonyl (C=O) groups excluding carboxylic acids is 1. The molecule has 0 saturated carbocycles. The Balaban J connectivity index is 1.83. The molecular formula is C17H18Cl2N2O. The minimum atomic E-state index is -0.0738. The van der Waals surface area contributed by atoms with Crippen LogP contribution in [0.25, 0.3) is 0 Å². The molecule has 0 aliphatic carbocycles. The van der Waals surface area contributed by atoms with Gasteiger partial charge in [0.25, 0.3) is 0 Å². The largest absolute Gasteiger partial charge is 0.385 e. The Kier molecular flexibility index (Phi) is 5.69. The minimum absolute atomic E-state index is 0.0738. The second-order valence-corrected chi connectivity index (χ2v) is 6.04. The highest BCUT2D eigenvalue weighted by Crippen LogP contribution is 2.25. The van der Waals surface area contributed by atoms with Gasteiger partial charge in [-0.15, -0.1) is 0 Å². The van der Waals surface area contributed by atoms with Crippen LogP contribution in [0, 0.1) is 13.8 Å². The van der Waals surface area contributed by atoms with Crippen LogP contribution in [-0.4, -0.2) is 12.5 Å². The van der Waals surface area contributed by atoms with Crippen LogP contribution in [0.5, 0.6) is 0 Å². The Morgan fingerprint density at radius 3 is 2.27 bits per heavy atom. The van der Waals surface area contributed by atoms with Gasteiger partial charge in [0.15, 0.2) is 0 Å². The number of carbonyl (C=O) groups is 1. The second-order valence-electron chi connectivity index (χ2n) is 5.23. The molecule has 0 fully saturated rings. The molecule has 0 unspecified atom stereocenters. The zero-order chi connectivity index (χ0) is 16.1. The van der Waals surface area contributed by atoms with Gasteiger partial charge in [0.1, 0.15) is 0 Å². The van der Waals surface area contributed by atoms with E-state index in [1.54, 1.807) is 18.2 Å². The number of benzene rings is 2. The van der Waals surface area contributed by atoms with Crippen molar-refractivity contribution in [1.29, 1.82) is 0 Å². The fourth-order valence-electron chi connectivity index (χ4n) is 2.19. The average Bonchev–Trinajstić information content (AvgIpc) is 2.42. The van der Waals surface area contributed by atoms with Crippen molar-refractivity contribution in [2.24, 2.45) is 0 Å². The number of hydrogen-bond acceptors (Lipinski definition) is 2. The maximum absolute atomic E-state index is 11.9. The molecule has 5 heteroatoms. The standard InChI is InChI=1S/C17H18Cl2N2O/c1-11-7-12(2)9-14(8-11)20-6-5-17(22)21-13-3-4-15(18)16(19)10-13/h3-4,7-10,20H,5-6H2,1-2H3,(H,21,22). The molecule has 22 heavy (non-hydrogen) atoms. The highest BCUT2D eigenvalue weighted by Gasteiger charge is 2.05. The van der Waals surface area contributed by atoms with Crippen molar-refractivity contribution in [2.75, 3.05) is 17.2 Å². The fourth-order valence-corrected chi connectivity index (χ4v) is 2.49.